The second kappa shape index (κ2) is 6.17. The van der Waals surface area contributed by atoms with E-state index in [1.54, 1.807) is 23.9 Å². The van der Waals surface area contributed by atoms with Crippen LogP contribution in [0, 0.1) is 17.7 Å². The van der Waals surface area contributed by atoms with Crippen LogP contribution in [0.2, 0.25) is 0 Å². The van der Waals surface area contributed by atoms with Gasteiger partial charge in [-0.1, -0.05) is 18.6 Å². The molecule has 4 heteroatoms. The zero-order valence-electron chi connectivity index (χ0n) is 11.5. The SMILES string of the molecule is O=C(CSCc1ccc(F)cc1)NC1CC2CCC1C2. The molecule has 0 heterocycles. The van der Waals surface area contributed by atoms with Crippen molar-refractivity contribution in [3.8, 4) is 0 Å². The topological polar surface area (TPSA) is 29.1 Å². The summed E-state index contributed by atoms with van der Waals surface area (Å²) in [5, 5.41) is 3.19. The Bertz CT molecular complexity index is 476. The van der Waals surface area contributed by atoms with Crippen LogP contribution in [0.5, 0.6) is 0 Å². The third-order valence-corrected chi connectivity index (χ3v) is 5.50. The third kappa shape index (κ3) is 3.35. The van der Waals surface area contributed by atoms with E-state index in [0.717, 1.165) is 23.2 Å². The van der Waals surface area contributed by atoms with Crippen LogP contribution < -0.4 is 5.32 Å². The molecule has 3 unspecified atom stereocenters. The van der Waals surface area contributed by atoms with Gasteiger partial charge in [-0.2, -0.15) is 0 Å². The summed E-state index contributed by atoms with van der Waals surface area (Å²) in [4.78, 5) is 11.9. The standard InChI is InChI=1S/C16H20FNOS/c17-14-5-2-11(3-6-14)9-20-10-16(19)18-15-8-12-1-4-13(15)7-12/h2-3,5-6,12-13,15H,1,4,7-10H2,(H,18,19). The lowest BCUT2D eigenvalue weighted by atomic mass is 9.95. The van der Waals surface area contributed by atoms with E-state index in [-0.39, 0.29) is 11.7 Å². The molecule has 1 amide bonds. The number of carbonyl (C=O) groups is 1. The fraction of sp³-hybridized carbons (Fsp3) is 0.562. The van der Waals surface area contributed by atoms with Gasteiger partial charge in [-0.05, 0) is 48.8 Å². The van der Waals surface area contributed by atoms with Crippen molar-refractivity contribution in [1.29, 1.82) is 0 Å². The molecule has 2 bridgehead atoms. The molecule has 2 nitrogen and oxygen atoms in total. The first-order valence-electron chi connectivity index (χ1n) is 7.32. The molecule has 0 aromatic heterocycles. The quantitative estimate of drug-likeness (QED) is 0.902. The number of benzene rings is 1. The Morgan fingerprint density at radius 1 is 1.25 bits per heavy atom. The molecule has 0 saturated heterocycles. The molecule has 2 fully saturated rings. The molecule has 20 heavy (non-hydrogen) atoms. The molecule has 2 saturated carbocycles. The summed E-state index contributed by atoms with van der Waals surface area (Å²) in [5.74, 6) is 2.76. The maximum atomic E-state index is 12.8. The van der Waals surface area contributed by atoms with E-state index in [1.807, 2.05) is 0 Å². The molecule has 3 atom stereocenters. The summed E-state index contributed by atoms with van der Waals surface area (Å²) in [7, 11) is 0. The molecule has 1 aromatic carbocycles. The van der Waals surface area contributed by atoms with Crippen LogP contribution in [-0.4, -0.2) is 17.7 Å². The first-order chi connectivity index (χ1) is 9.70. The van der Waals surface area contributed by atoms with Gasteiger partial charge in [0.1, 0.15) is 5.82 Å². The summed E-state index contributed by atoms with van der Waals surface area (Å²) in [5.41, 5.74) is 1.06. The van der Waals surface area contributed by atoms with Crippen molar-refractivity contribution in [2.24, 2.45) is 11.8 Å². The van der Waals surface area contributed by atoms with Crippen LogP contribution in [0.4, 0.5) is 4.39 Å². The highest BCUT2D eigenvalue weighted by molar-refractivity contribution is 7.99. The van der Waals surface area contributed by atoms with Crippen LogP contribution in [0.3, 0.4) is 0 Å². The number of thioether (sulfide) groups is 1. The number of amides is 1. The first-order valence-corrected chi connectivity index (χ1v) is 8.48. The monoisotopic (exact) mass is 293 g/mol. The summed E-state index contributed by atoms with van der Waals surface area (Å²) in [6.45, 7) is 0. The zero-order valence-corrected chi connectivity index (χ0v) is 12.3. The van der Waals surface area contributed by atoms with Crippen LogP contribution in [0.1, 0.15) is 31.2 Å². The van der Waals surface area contributed by atoms with Crippen LogP contribution in [0.25, 0.3) is 0 Å². The molecule has 1 N–H and O–H groups in total. The zero-order chi connectivity index (χ0) is 13.9. The van der Waals surface area contributed by atoms with E-state index in [1.165, 1.54) is 37.8 Å². The summed E-state index contributed by atoms with van der Waals surface area (Å²) >= 11 is 1.59. The van der Waals surface area contributed by atoms with Gasteiger partial charge in [-0.3, -0.25) is 4.79 Å². The smallest absolute Gasteiger partial charge is 0.230 e. The van der Waals surface area contributed by atoms with E-state index in [9.17, 15) is 9.18 Å². The molecule has 0 spiro atoms. The van der Waals surface area contributed by atoms with Gasteiger partial charge >= 0.3 is 0 Å². The molecular weight excluding hydrogens is 273 g/mol. The maximum Gasteiger partial charge on any atom is 0.230 e. The average molecular weight is 293 g/mol. The second-order valence-electron chi connectivity index (χ2n) is 5.97. The Kier molecular flexibility index (Phi) is 4.29. The Labute approximate surface area is 123 Å². The summed E-state index contributed by atoms with van der Waals surface area (Å²) in [6.07, 6.45) is 5.14. The van der Waals surface area contributed by atoms with Crippen LogP contribution >= 0.6 is 11.8 Å². The minimum Gasteiger partial charge on any atom is -0.352 e. The van der Waals surface area contributed by atoms with E-state index in [0.29, 0.717) is 11.8 Å². The van der Waals surface area contributed by atoms with Crippen molar-refractivity contribution in [1.82, 2.24) is 5.32 Å². The molecule has 3 rings (SSSR count). The fourth-order valence-electron chi connectivity index (χ4n) is 3.51. The van der Waals surface area contributed by atoms with Crippen molar-refractivity contribution in [3.05, 3.63) is 35.6 Å². The lowest BCUT2D eigenvalue weighted by Gasteiger charge is -2.22. The van der Waals surface area contributed by atoms with Crippen molar-refractivity contribution < 1.29 is 9.18 Å². The minimum atomic E-state index is -0.215. The van der Waals surface area contributed by atoms with Gasteiger partial charge in [-0.15, -0.1) is 11.8 Å². The molecular formula is C16H20FNOS. The average Bonchev–Trinajstić information content (AvgIpc) is 3.03. The predicted molar refractivity (Wildman–Crippen MR) is 79.9 cm³/mol. The Balaban J connectivity index is 1.38. The second-order valence-corrected chi connectivity index (χ2v) is 6.95. The molecule has 1 aromatic rings. The number of fused-ring (bicyclic) bond motifs is 2. The Hall–Kier alpha value is -1.03. The van der Waals surface area contributed by atoms with Crippen molar-refractivity contribution >= 4 is 17.7 Å². The van der Waals surface area contributed by atoms with Gasteiger partial charge in [0.15, 0.2) is 0 Å². The van der Waals surface area contributed by atoms with Gasteiger partial charge < -0.3 is 5.32 Å². The van der Waals surface area contributed by atoms with Crippen LogP contribution in [0.15, 0.2) is 24.3 Å². The van der Waals surface area contributed by atoms with Crippen molar-refractivity contribution in [2.75, 3.05) is 5.75 Å². The minimum absolute atomic E-state index is 0.148. The van der Waals surface area contributed by atoms with Gasteiger partial charge in [0.2, 0.25) is 5.91 Å². The van der Waals surface area contributed by atoms with E-state index >= 15 is 0 Å². The van der Waals surface area contributed by atoms with Gasteiger partial charge in [0, 0.05) is 11.8 Å². The Morgan fingerprint density at radius 3 is 2.70 bits per heavy atom. The number of halogens is 1. The maximum absolute atomic E-state index is 12.8. The van der Waals surface area contributed by atoms with Crippen LogP contribution in [-0.2, 0) is 10.5 Å². The predicted octanol–water partition coefficient (Wildman–Crippen LogP) is 3.36. The highest BCUT2D eigenvalue weighted by atomic mass is 32.2. The fourth-order valence-corrected chi connectivity index (χ4v) is 4.31. The van der Waals surface area contributed by atoms with Crippen molar-refractivity contribution in [2.45, 2.75) is 37.5 Å². The molecule has 2 aliphatic carbocycles. The van der Waals surface area contributed by atoms with E-state index in [2.05, 4.69) is 5.32 Å². The first kappa shape index (κ1) is 13.9. The number of hydrogen-bond donors (Lipinski definition) is 1. The lowest BCUT2D eigenvalue weighted by molar-refractivity contribution is -0.119. The summed E-state index contributed by atoms with van der Waals surface area (Å²) < 4.78 is 12.8. The van der Waals surface area contributed by atoms with Gasteiger partial charge in [0.25, 0.3) is 0 Å². The highest BCUT2D eigenvalue weighted by Crippen LogP contribution is 2.44. The van der Waals surface area contributed by atoms with Gasteiger partial charge in [0.05, 0.1) is 5.75 Å². The number of hydrogen-bond acceptors (Lipinski definition) is 2. The highest BCUT2D eigenvalue weighted by Gasteiger charge is 2.39. The normalized spacial score (nSPS) is 27.8. The number of rotatable bonds is 5. The Morgan fingerprint density at radius 2 is 2.05 bits per heavy atom. The number of nitrogens with one attached hydrogen (secondary N) is 1. The summed E-state index contributed by atoms with van der Waals surface area (Å²) in [6, 6.07) is 6.90. The van der Waals surface area contributed by atoms with E-state index in [4.69, 9.17) is 0 Å². The molecule has 0 aliphatic heterocycles. The number of carbonyl (C=O) groups excluding carboxylic acids is 1. The largest absolute Gasteiger partial charge is 0.352 e. The van der Waals surface area contributed by atoms with Crippen molar-refractivity contribution in [3.63, 3.8) is 0 Å². The van der Waals surface area contributed by atoms with E-state index < -0.39 is 0 Å². The molecule has 0 radical (unpaired) electrons. The van der Waals surface area contributed by atoms with Gasteiger partial charge in [-0.25, -0.2) is 4.39 Å². The molecule has 108 valence electrons. The third-order valence-electron chi connectivity index (χ3n) is 4.50. The lowest BCUT2D eigenvalue weighted by Crippen LogP contribution is -2.39. The molecule has 2 aliphatic rings.